The van der Waals surface area contributed by atoms with Crippen molar-refractivity contribution in [3.05, 3.63) is 72.1 Å². The van der Waals surface area contributed by atoms with Crippen LogP contribution in [0.5, 0.6) is 17.2 Å². The number of benzene rings is 2. The molecular weight excluding hydrogens is 359 g/mol. The molecule has 0 spiro atoms. The van der Waals surface area contributed by atoms with Crippen molar-refractivity contribution in [3.63, 3.8) is 0 Å². The molecule has 140 valence electrons. The summed E-state index contributed by atoms with van der Waals surface area (Å²) < 4.78 is 20.5. The molecular formula is C21H17FN4O2. The molecule has 0 saturated carbocycles. The number of aromatic nitrogens is 3. The molecule has 2 N–H and O–H groups in total. The Morgan fingerprint density at radius 1 is 1.11 bits per heavy atom. The number of aryl methyl sites for hydroxylation is 1. The third-order valence-corrected chi connectivity index (χ3v) is 4.38. The summed E-state index contributed by atoms with van der Waals surface area (Å²) in [5, 5.41) is 13.2. The van der Waals surface area contributed by atoms with Crippen LogP contribution in [0, 0.1) is 19.7 Å². The first-order chi connectivity index (χ1) is 13.5. The molecule has 0 saturated heterocycles. The fraction of sp³-hybridized carbons (Fsp3) is 0.0952. The number of anilines is 2. The zero-order chi connectivity index (χ0) is 19.7. The Labute approximate surface area is 160 Å². The predicted molar refractivity (Wildman–Crippen MR) is 105 cm³/mol. The van der Waals surface area contributed by atoms with E-state index in [9.17, 15) is 9.50 Å². The molecule has 4 aromatic rings. The maximum atomic E-state index is 14.7. The zero-order valence-corrected chi connectivity index (χ0v) is 15.3. The monoisotopic (exact) mass is 376 g/mol. The normalized spacial score (nSPS) is 10.8. The maximum absolute atomic E-state index is 14.7. The number of phenols is 1. The molecule has 2 aromatic heterocycles. The van der Waals surface area contributed by atoms with Gasteiger partial charge in [-0.3, -0.25) is 4.98 Å². The van der Waals surface area contributed by atoms with Gasteiger partial charge in [0, 0.05) is 23.5 Å². The lowest BCUT2D eigenvalue weighted by Crippen LogP contribution is -2.00. The van der Waals surface area contributed by atoms with Crippen molar-refractivity contribution in [2.75, 3.05) is 5.32 Å². The highest BCUT2D eigenvalue weighted by atomic mass is 19.1. The second-order valence-electron chi connectivity index (χ2n) is 6.35. The van der Waals surface area contributed by atoms with Crippen molar-refractivity contribution < 1.29 is 14.2 Å². The number of hydrogen-bond donors (Lipinski definition) is 2. The lowest BCUT2D eigenvalue weighted by molar-refractivity contribution is 0.465. The molecule has 0 aliphatic heterocycles. The lowest BCUT2D eigenvalue weighted by Gasteiger charge is -2.13. The number of rotatable bonds is 4. The maximum Gasteiger partial charge on any atom is 0.145 e. The summed E-state index contributed by atoms with van der Waals surface area (Å²) in [6.07, 6.45) is 4.64. The van der Waals surface area contributed by atoms with Gasteiger partial charge >= 0.3 is 0 Å². The highest BCUT2D eigenvalue weighted by molar-refractivity contribution is 5.92. The van der Waals surface area contributed by atoms with E-state index >= 15 is 0 Å². The van der Waals surface area contributed by atoms with Crippen LogP contribution in [0.1, 0.15) is 11.1 Å². The number of pyridine rings is 1. The Kier molecular flexibility index (Phi) is 4.49. The SMILES string of the molecule is Cc1cc(Nc2ncnc3cc(O)c(C)c(F)c23)ccc1Oc1cccnc1. The van der Waals surface area contributed by atoms with Gasteiger partial charge in [0.25, 0.3) is 0 Å². The molecule has 0 unspecified atom stereocenters. The van der Waals surface area contributed by atoms with Crippen molar-refractivity contribution in [2.24, 2.45) is 0 Å². The molecule has 0 aliphatic rings. The van der Waals surface area contributed by atoms with Crippen LogP contribution in [0.25, 0.3) is 10.9 Å². The molecule has 2 aromatic carbocycles. The van der Waals surface area contributed by atoms with Crippen LogP contribution in [0.15, 0.2) is 55.1 Å². The van der Waals surface area contributed by atoms with Crippen LogP contribution in [0.4, 0.5) is 15.9 Å². The summed E-state index contributed by atoms with van der Waals surface area (Å²) in [6.45, 7) is 3.42. The van der Waals surface area contributed by atoms with Crippen molar-refractivity contribution in [2.45, 2.75) is 13.8 Å². The molecule has 0 fully saturated rings. The molecule has 0 aliphatic carbocycles. The number of aromatic hydroxyl groups is 1. The molecule has 7 heteroatoms. The van der Waals surface area contributed by atoms with E-state index in [0.717, 1.165) is 11.3 Å². The van der Waals surface area contributed by atoms with Crippen LogP contribution in [-0.2, 0) is 0 Å². The van der Waals surface area contributed by atoms with Crippen LogP contribution in [-0.4, -0.2) is 20.1 Å². The van der Waals surface area contributed by atoms with Gasteiger partial charge in [0.15, 0.2) is 0 Å². The Morgan fingerprint density at radius 3 is 2.71 bits per heavy atom. The Hall–Kier alpha value is -3.74. The largest absolute Gasteiger partial charge is 0.507 e. The fourth-order valence-electron chi connectivity index (χ4n) is 2.87. The average Bonchev–Trinajstić information content (AvgIpc) is 2.69. The first-order valence-electron chi connectivity index (χ1n) is 8.61. The smallest absolute Gasteiger partial charge is 0.145 e. The topological polar surface area (TPSA) is 80.2 Å². The van der Waals surface area contributed by atoms with Gasteiger partial charge < -0.3 is 15.2 Å². The number of nitrogens with one attached hydrogen (secondary N) is 1. The Morgan fingerprint density at radius 2 is 1.96 bits per heavy atom. The summed E-state index contributed by atoms with van der Waals surface area (Å²) >= 11 is 0. The number of fused-ring (bicyclic) bond motifs is 1. The third-order valence-electron chi connectivity index (χ3n) is 4.38. The summed E-state index contributed by atoms with van der Waals surface area (Å²) in [7, 11) is 0. The molecule has 0 radical (unpaired) electrons. The van der Waals surface area contributed by atoms with Crippen molar-refractivity contribution in [3.8, 4) is 17.2 Å². The number of ether oxygens (including phenoxy) is 1. The van der Waals surface area contributed by atoms with E-state index in [1.54, 1.807) is 18.5 Å². The molecule has 28 heavy (non-hydrogen) atoms. The van der Waals surface area contributed by atoms with Gasteiger partial charge in [-0.15, -0.1) is 0 Å². The van der Waals surface area contributed by atoms with Crippen molar-refractivity contribution >= 4 is 22.4 Å². The van der Waals surface area contributed by atoms with Crippen LogP contribution in [0.2, 0.25) is 0 Å². The van der Waals surface area contributed by atoms with Gasteiger partial charge in [0.2, 0.25) is 0 Å². The third kappa shape index (κ3) is 3.29. The number of nitrogens with zero attached hydrogens (tertiary/aromatic N) is 3. The van der Waals surface area contributed by atoms with Crippen molar-refractivity contribution in [1.29, 1.82) is 0 Å². The van der Waals surface area contributed by atoms with Gasteiger partial charge in [-0.1, -0.05) is 0 Å². The highest BCUT2D eigenvalue weighted by Gasteiger charge is 2.15. The van der Waals surface area contributed by atoms with Gasteiger partial charge in [-0.05, 0) is 49.7 Å². The standard InChI is InChI=1S/C21H17FN4O2/c1-12-8-14(5-6-18(12)28-15-4-3-7-23-10-15)26-21-19-16(24-11-25-21)9-17(27)13(2)20(19)22/h3-11,27H,1-2H3,(H,24,25,26). The number of halogens is 1. The molecule has 2 heterocycles. The van der Waals surface area contributed by atoms with Crippen molar-refractivity contribution in [1.82, 2.24) is 15.0 Å². The van der Waals surface area contributed by atoms with E-state index < -0.39 is 5.82 Å². The highest BCUT2D eigenvalue weighted by Crippen LogP contribution is 2.33. The van der Waals surface area contributed by atoms with Crippen LogP contribution < -0.4 is 10.1 Å². The van der Waals surface area contributed by atoms with Crippen LogP contribution >= 0.6 is 0 Å². The fourth-order valence-corrected chi connectivity index (χ4v) is 2.87. The molecule has 4 rings (SSSR count). The first kappa shape index (κ1) is 17.7. The average molecular weight is 376 g/mol. The second-order valence-corrected chi connectivity index (χ2v) is 6.35. The van der Waals surface area contributed by atoms with E-state index in [1.807, 2.05) is 31.2 Å². The van der Waals surface area contributed by atoms with E-state index in [4.69, 9.17) is 4.74 Å². The van der Waals surface area contributed by atoms with Gasteiger partial charge in [-0.2, -0.15) is 0 Å². The molecule has 6 nitrogen and oxygen atoms in total. The number of phenolic OH excluding ortho intramolecular Hbond substituents is 1. The first-order valence-corrected chi connectivity index (χ1v) is 8.61. The Bertz CT molecular complexity index is 1170. The van der Waals surface area contributed by atoms with E-state index in [2.05, 4.69) is 20.3 Å². The number of hydrogen-bond acceptors (Lipinski definition) is 6. The van der Waals surface area contributed by atoms with E-state index in [0.29, 0.717) is 22.8 Å². The molecule has 0 amide bonds. The minimum Gasteiger partial charge on any atom is -0.507 e. The summed E-state index contributed by atoms with van der Waals surface area (Å²) in [6, 6.07) is 10.6. The van der Waals surface area contributed by atoms with Gasteiger partial charge in [-0.25, -0.2) is 14.4 Å². The summed E-state index contributed by atoms with van der Waals surface area (Å²) in [5.41, 5.74) is 2.09. The Balaban J connectivity index is 1.67. The second kappa shape index (κ2) is 7.11. The summed E-state index contributed by atoms with van der Waals surface area (Å²) in [4.78, 5) is 12.2. The quantitative estimate of drug-likeness (QED) is 0.520. The van der Waals surface area contributed by atoms with Crippen LogP contribution in [0.3, 0.4) is 0 Å². The predicted octanol–water partition coefficient (Wildman–Crippen LogP) is 5.02. The van der Waals surface area contributed by atoms with Gasteiger partial charge in [0.05, 0.1) is 17.1 Å². The van der Waals surface area contributed by atoms with Gasteiger partial charge in [0.1, 0.15) is 35.2 Å². The minimum absolute atomic E-state index is 0.137. The zero-order valence-electron chi connectivity index (χ0n) is 15.3. The lowest BCUT2D eigenvalue weighted by atomic mass is 10.1. The minimum atomic E-state index is -0.550. The van der Waals surface area contributed by atoms with E-state index in [1.165, 1.54) is 19.3 Å². The summed E-state index contributed by atoms with van der Waals surface area (Å²) in [5.74, 6) is 0.975. The molecule has 0 atom stereocenters. The van der Waals surface area contributed by atoms with E-state index in [-0.39, 0.29) is 16.7 Å². The molecule has 0 bridgehead atoms.